The standard InChI is InChI=1S/C24H25N3O3/c1-4-30-24(29)21-15-25-27(17(21)3)20-12-10-19(11-13-20)23(28)26-14-6-9-18-8-5-7-16(2)22(18)26/h5,7-8,10-13,15H,4,6,9,14H2,1-3H3. The van der Waals surface area contributed by atoms with Crippen molar-refractivity contribution in [2.45, 2.75) is 33.6 Å². The fourth-order valence-corrected chi connectivity index (χ4v) is 4.03. The summed E-state index contributed by atoms with van der Waals surface area (Å²) >= 11 is 0. The molecule has 2 heterocycles. The van der Waals surface area contributed by atoms with Gasteiger partial charge >= 0.3 is 5.97 Å². The summed E-state index contributed by atoms with van der Waals surface area (Å²) in [6.45, 7) is 6.69. The maximum Gasteiger partial charge on any atom is 0.341 e. The van der Waals surface area contributed by atoms with Gasteiger partial charge in [0.05, 0.1) is 29.9 Å². The number of hydrogen-bond acceptors (Lipinski definition) is 4. The van der Waals surface area contributed by atoms with Crippen LogP contribution >= 0.6 is 0 Å². The lowest BCUT2D eigenvalue weighted by molar-refractivity contribution is 0.0525. The topological polar surface area (TPSA) is 64.4 Å². The van der Waals surface area contributed by atoms with Gasteiger partial charge in [0, 0.05) is 12.1 Å². The lowest BCUT2D eigenvalue weighted by atomic mass is 9.97. The fraction of sp³-hybridized carbons (Fsp3) is 0.292. The Labute approximate surface area is 176 Å². The highest BCUT2D eigenvalue weighted by Gasteiger charge is 2.25. The normalized spacial score (nSPS) is 13.1. The lowest BCUT2D eigenvalue weighted by Gasteiger charge is -2.31. The minimum atomic E-state index is -0.382. The number of carbonyl (C=O) groups is 2. The quantitative estimate of drug-likeness (QED) is 0.611. The molecule has 1 aliphatic rings. The fourth-order valence-electron chi connectivity index (χ4n) is 4.03. The second kappa shape index (κ2) is 8.14. The van der Waals surface area contributed by atoms with E-state index in [0.29, 0.717) is 23.4 Å². The molecule has 1 aromatic heterocycles. The smallest absolute Gasteiger partial charge is 0.341 e. The second-order valence-corrected chi connectivity index (χ2v) is 7.47. The Hall–Kier alpha value is -3.41. The number of nitrogens with zero attached hydrogens (tertiary/aromatic N) is 3. The number of fused-ring (bicyclic) bond motifs is 1. The Morgan fingerprint density at radius 1 is 1.10 bits per heavy atom. The molecule has 0 atom stereocenters. The first-order valence-electron chi connectivity index (χ1n) is 10.2. The molecule has 0 saturated heterocycles. The molecule has 0 bridgehead atoms. The maximum atomic E-state index is 13.2. The predicted octanol–water partition coefficient (Wildman–Crippen LogP) is 4.26. The number of hydrogen-bond donors (Lipinski definition) is 0. The third kappa shape index (κ3) is 3.49. The third-order valence-corrected chi connectivity index (χ3v) is 5.53. The van der Waals surface area contributed by atoms with Gasteiger partial charge in [0.25, 0.3) is 5.91 Å². The van der Waals surface area contributed by atoms with Crippen molar-refractivity contribution in [2.75, 3.05) is 18.1 Å². The van der Waals surface area contributed by atoms with Crippen LogP contribution in [-0.4, -0.2) is 34.8 Å². The summed E-state index contributed by atoms with van der Waals surface area (Å²) in [5.41, 5.74) is 5.95. The van der Waals surface area contributed by atoms with E-state index in [1.165, 1.54) is 11.8 Å². The molecule has 6 heteroatoms. The van der Waals surface area contributed by atoms with Crippen LogP contribution in [0.2, 0.25) is 0 Å². The molecule has 0 saturated carbocycles. The highest BCUT2D eigenvalue weighted by Crippen LogP contribution is 2.31. The number of rotatable bonds is 4. The lowest BCUT2D eigenvalue weighted by Crippen LogP contribution is -2.36. The van der Waals surface area contributed by atoms with Gasteiger partial charge in [-0.15, -0.1) is 0 Å². The summed E-state index contributed by atoms with van der Waals surface area (Å²) in [5.74, 6) is -0.381. The van der Waals surface area contributed by atoms with Gasteiger partial charge in [-0.25, -0.2) is 9.48 Å². The molecule has 1 aliphatic heterocycles. The van der Waals surface area contributed by atoms with Crippen LogP contribution in [0.3, 0.4) is 0 Å². The minimum absolute atomic E-state index is 0.00111. The molecule has 30 heavy (non-hydrogen) atoms. The third-order valence-electron chi connectivity index (χ3n) is 5.53. The van der Waals surface area contributed by atoms with Crippen LogP contribution in [0.15, 0.2) is 48.7 Å². The van der Waals surface area contributed by atoms with E-state index in [1.807, 2.05) is 42.2 Å². The molecule has 0 radical (unpaired) electrons. The second-order valence-electron chi connectivity index (χ2n) is 7.47. The highest BCUT2D eigenvalue weighted by molar-refractivity contribution is 6.07. The zero-order valence-electron chi connectivity index (χ0n) is 17.5. The summed E-state index contributed by atoms with van der Waals surface area (Å²) < 4.78 is 6.75. The summed E-state index contributed by atoms with van der Waals surface area (Å²) in [4.78, 5) is 27.2. The average molecular weight is 403 g/mol. The van der Waals surface area contributed by atoms with Crippen LogP contribution in [0, 0.1) is 13.8 Å². The van der Waals surface area contributed by atoms with Crippen LogP contribution in [0.5, 0.6) is 0 Å². The Kier molecular flexibility index (Phi) is 5.40. The Bertz CT molecular complexity index is 1100. The molecule has 0 unspecified atom stereocenters. The van der Waals surface area contributed by atoms with E-state index in [4.69, 9.17) is 4.74 Å². The number of aryl methyl sites for hydroxylation is 2. The molecular weight excluding hydrogens is 378 g/mol. The molecule has 0 aliphatic carbocycles. The molecule has 154 valence electrons. The summed E-state index contributed by atoms with van der Waals surface area (Å²) in [5, 5.41) is 4.32. The van der Waals surface area contributed by atoms with E-state index in [0.717, 1.165) is 36.3 Å². The first-order valence-corrected chi connectivity index (χ1v) is 10.2. The summed E-state index contributed by atoms with van der Waals surface area (Å²) in [7, 11) is 0. The van der Waals surface area contributed by atoms with Crippen molar-refractivity contribution in [1.82, 2.24) is 9.78 Å². The Balaban J connectivity index is 1.60. The largest absolute Gasteiger partial charge is 0.462 e. The van der Waals surface area contributed by atoms with E-state index >= 15 is 0 Å². The zero-order valence-corrected chi connectivity index (χ0v) is 17.5. The van der Waals surface area contributed by atoms with E-state index in [-0.39, 0.29) is 11.9 Å². The van der Waals surface area contributed by atoms with Crippen LogP contribution < -0.4 is 4.90 Å². The molecule has 0 spiro atoms. The van der Waals surface area contributed by atoms with Crippen molar-refractivity contribution in [3.05, 3.63) is 76.6 Å². The Morgan fingerprint density at radius 2 is 1.87 bits per heavy atom. The monoisotopic (exact) mass is 403 g/mol. The number of para-hydroxylation sites is 1. The molecule has 2 aromatic carbocycles. The van der Waals surface area contributed by atoms with Crippen molar-refractivity contribution in [2.24, 2.45) is 0 Å². The van der Waals surface area contributed by atoms with Gasteiger partial charge in [0.15, 0.2) is 0 Å². The molecule has 3 aromatic rings. The predicted molar refractivity (Wildman–Crippen MR) is 115 cm³/mol. The first kappa shape index (κ1) is 19.9. The van der Waals surface area contributed by atoms with Gasteiger partial charge < -0.3 is 9.64 Å². The number of amides is 1. The average Bonchev–Trinajstić information content (AvgIpc) is 3.15. The van der Waals surface area contributed by atoms with Crippen LogP contribution in [0.1, 0.15) is 50.9 Å². The number of anilines is 1. The van der Waals surface area contributed by atoms with Gasteiger partial charge in [-0.3, -0.25) is 4.79 Å². The molecular formula is C24H25N3O3. The van der Waals surface area contributed by atoms with Crippen molar-refractivity contribution < 1.29 is 14.3 Å². The molecule has 1 amide bonds. The Morgan fingerprint density at radius 3 is 2.60 bits per heavy atom. The van der Waals surface area contributed by atoms with Crippen molar-refractivity contribution in [3.63, 3.8) is 0 Å². The minimum Gasteiger partial charge on any atom is -0.462 e. The van der Waals surface area contributed by atoms with Gasteiger partial charge in [0.2, 0.25) is 0 Å². The van der Waals surface area contributed by atoms with Gasteiger partial charge in [-0.2, -0.15) is 5.10 Å². The SMILES string of the molecule is CCOC(=O)c1cnn(-c2ccc(C(=O)N3CCCc4cccc(C)c43)cc2)c1C. The van der Waals surface area contributed by atoms with Crippen LogP contribution in [0.4, 0.5) is 5.69 Å². The number of esters is 1. The molecule has 0 fully saturated rings. The molecule has 4 rings (SSSR count). The van der Waals surface area contributed by atoms with Crippen molar-refractivity contribution in [3.8, 4) is 5.69 Å². The van der Waals surface area contributed by atoms with Crippen LogP contribution in [0.25, 0.3) is 5.69 Å². The zero-order chi connectivity index (χ0) is 21.3. The number of ether oxygens (including phenoxy) is 1. The number of aromatic nitrogens is 2. The molecule has 6 nitrogen and oxygen atoms in total. The van der Waals surface area contributed by atoms with E-state index in [1.54, 1.807) is 11.6 Å². The number of carbonyl (C=O) groups excluding carboxylic acids is 2. The van der Waals surface area contributed by atoms with E-state index in [9.17, 15) is 9.59 Å². The van der Waals surface area contributed by atoms with Gasteiger partial charge in [-0.05, 0) is 69.0 Å². The van der Waals surface area contributed by atoms with E-state index in [2.05, 4.69) is 24.2 Å². The maximum absolute atomic E-state index is 13.2. The van der Waals surface area contributed by atoms with E-state index < -0.39 is 0 Å². The first-order chi connectivity index (χ1) is 14.5. The summed E-state index contributed by atoms with van der Waals surface area (Å²) in [6, 6.07) is 13.5. The van der Waals surface area contributed by atoms with Gasteiger partial charge in [-0.1, -0.05) is 18.2 Å². The number of benzene rings is 2. The summed E-state index contributed by atoms with van der Waals surface area (Å²) in [6.07, 6.45) is 3.48. The van der Waals surface area contributed by atoms with Crippen molar-refractivity contribution in [1.29, 1.82) is 0 Å². The van der Waals surface area contributed by atoms with Gasteiger partial charge in [0.1, 0.15) is 5.56 Å². The molecule has 0 N–H and O–H groups in total. The van der Waals surface area contributed by atoms with Crippen LogP contribution in [-0.2, 0) is 11.2 Å². The highest BCUT2D eigenvalue weighted by atomic mass is 16.5. The van der Waals surface area contributed by atoms with Crippen molar-refractivity contribution >= 4 is 17.6 Å².